The molecule has 4 rings (SSSR count). The van der Waals surface area contributed by atoms with Gasteiger partial charge in [-0.2, -0.15) is 0 Å². The van der Waals surface area contributed by atoms with E-state index in [1.165, 1.54) is 25.3 Å². The van der Waals surface area contributed by atoms with Crippen LogP contribution >= 0.6 is 0 Å². The molecule has 2 heterocycles. The highest BCUT2D eigenvalue weighted by atomic mass is 16.6. The highest BCUT2D eigenvalue weighted by Gasteiger charge is 2.13. The van der Waals surface area contributed by atoms with Crippen LogP contribution in [0.5, 0.6) is 5.75 Å². The third kappa shape index (κ3) is 3.15. The number of anilines is 2. The Balaban J connectivity index is 1.72. The van der Waals surface area contributed by atoms with Crippen LogP contribution < -0.4 is 10.1 Å². The molecular weight excluding hydrogens is 346 g/mol. The molecule has 0 atom stereocenters. The van der Waals surface area contributed by atoms with Crippen LogP contribution in [0.2, 0.25) is 0 Å². The summed E-state index contributed by atoms with van der Waals surface area (Å²) in [6.45, 7) is 0. The van der Waals surface area contributed by atoms with Gasteiger partial charge in [-0.3, -0.25) is 10.1 Å². The average Bonchev–Trinajstić information content (AvgIpc) is 3.12. The predicted octanol–water partition coefficient (Wildman–Crippen LogP) is 4.29. The van der Waals surface area contributed by atoms with Crippen molar-refractivity contribution in [3.8, 4) is 17.0 Å². The Morgan fingerprint density at radius 3 is 2.85 bits per heavy atom. The molecule has 2 aromatic carbocycles. The van der Waals surface area contributed by atoms with Crippen molar-refractivity contribution in [3.63, 3.8) is 0 Å². The van der Waals surface area contributed by atoms with Crippen LogP contribution in [0, 0.1) is 10.1 Å². The van der Waals surface area contributed by atoms with E-state index in [9.17, 15) is 10.1 Å². The monoisotopic (exact) mass is 361 g/mol. The van der Waals surface area contributed by atoms with Crippen molar-refractivity contribution in [3.05, 3.63) is 71.0 Å². The molecule has 8 heteroatoms. The molecule has 8 nitrogen and oxygen atoms in total. The zero-order valence-electron chi connectivity index (χ0n) is 14.3. The normalized spacial score (nSPS) is 10.7. The Labute approximate surface area is 154 Å². The number of methoxy groups -OCH3 is 1. The molecule has 0 saturated heterocycles. The Morgan fingerprint density at radius 1 is 1.19 bits per heavy atom. The van der Waals surface area contributed by atoms with Crippen molar-refractivity contribution >= 4 is 28.2 Å². The van der Waals surface area contributed by atoms with Crippen LogP contribution in [-0.2, 0) is 0 Å². The fourth-order valence-electron chi connectivity index (χ4n) is 2.88. The first kappa shape index (κ1) is 16.5. The summed E-state index contributed by atoms with van der Waals surface area (Å²) in [5.74, 6) is 0.776. The van der Waals surface area contributed by atoms with Gasteiger partial charge in [0.05, 0.1) is 23.4 Å². The maximum atomic E-state index is 11.0. The molecule has 4 aromatic rings. The van der Waals surface area contributed by atoms with E-state index in [1.807, 2.05) is 36.5 Å². The van der Waals surface area contributed by atoms with Crippen molar-refractivity contribution in [1.82, 2.24) is 15.0 Å². The molecule has 0 amide bonds. The Morgan fingerprint density at radius 2 is 2.04 bits per heavy atom. The molecule has 0 spiro atoms. The third-order valence-corrected chi connectivity index (χ3v) is 4.16. The van der Waals surface area contributed by atoms with Gasteiger partial charge in [-0.25, -0.2) is 9.97 Å². The zero-order chi connectivity index (χ0) is 18.8. The summed E-state index contributed by atoms with van der Waals surface area (Å²) in [5.41, 5.74) is 3.06. The van der Waals surface area contributed by atoms with E-state index >= 15 is 0 Å². The number of nitrogens with zero attached hydrogens (tertiary/aromatic N) is 3. The predicted molar refractivity (Wildman–Crippen MR) is 102 cm³/mol. The lowest BCUT2D eigenvalue weighted by molar-refractivity contribution is -0.384. The van der Waals surface area contributed by atoms with E-state index in [0.717, 1.165) is 22.2 Å². The second-order valence-electron chi connectivity index (χ2n) is 5.78. The summed E-state index contributed by atoms with van der Waals surface area (Å²) in [5, 5.41) is 15.1. The summed E-state index contributed by atoms with van der Waals surface area (Å²) < 4.78 is 5.27. The summed E-state index contributed by atoms with van der Waals surface area (Å²) in [7, 11) is 1.50. The Hall–Kier alpha value is -3.94. The summed E-state index contributed by atoms with van der Waals surface area (Å²) >= 11 is 0. The van der Waals surface area contributed by atoms with Gasteiger partial charge in [0.1, 0.15) is 5.75 Å². The standard InChI is InChI=1S/C19H15N5O3/c1-27-18-7-6-12(24(25)26)10-17(18)23-19-20-9-8-16(22-19)14-11-21-15-5-3-2-4-13(14)15/h2-11,21H,1H3,(H,20,22,23). The minimum Gasteiger partial charge on any atom is -0.495 e. The molecule has 0 unspecified atom stereocenters. The topological polar surface area (TPSA) is 106 Å². The molecule has 134 valence electrons. The van der Waals surface area contributed by atoms with Gasteiger partial charge in [0.2, 0.25) is 5.95 Å². The van der Waals surface area contributed by atoms with Gasteiger partial charge in [0.15, 0.2) is 0 Å². The maximum Gasteiger partial charge on any atom is 0.271 e. The number of nitro benzene ring substituents is 1. The number of ether oxygens (including phenoxy) is 1. The number of nitro groups is 1. The number of nitrogens with one attached hydrogen (secondary N) is 2. The zero-order valence-corrected chi connectivity index (χ0v) is 14.3. The average molecular weight is 361 g/mol. The minimum atomic E-state index is -0.464. The largest absolute Gasteiger partial charge is 0.495 e. The molecule has 0 aliphatic rings. The van der Waals surface area contributed by atoms with Gasteiger partial charge in [-0.15, -0.1) is 0 Å². The van der Waals surface area contributed by atoms with Crippen LogP contribution in [0.3, 0.4) is 0 Å². The van der Waals surface area contributed by atoms with Crippen LogP contribution in [-0.4, -0.2) is 27.0 Å². The van der Waals surface area contributed by atoms with E-state index in [2.05, 4.69) is 20.3 Å². The van der Waals surface area contributed by atoms with Crippen molar-refractivity contribution in [1.29, 1.82) is 0 Å². The fraction of sp³-hybridized carbons (Fsp3) is 0.0526. The number of fused-ring (bicyclic) bond motifs is 1. The lowest BCUT2D eigenvalue weighted by Crippen LogP contribution is -2.01. The molecule has 0 radical (unpaired) electrons. The maximum absolute atomic E-state index is 11.0. The molecule has 0 bridgehead atoms. The molecule has 0 aliphatic heterocycles. The van der Waals surface area contributed by atoms with E-state index < -0.39 is 4.92 Å². The summed E-state index contributed by atoms with van der Waals surface area (Å²) in [6.07, 6.45) is 3.53. The number of aromatic nitrogens is 3. The molecule has 0 saturated carbocycles. The smallest absolute Gasteiger partial charge is 0.271 e. The first-order valence-corrected chi connectivity index (χ1v) is 8.14. The number of H-pyrrole nitrogens is 1. The lowest BCUT2D eigenvalue weighted by Gasteiger charge is -2.10. The van der Waals surface area contributed by atoms with Crippen molar-refractivity contribution in [2.75, 3.05) is 12.4 Å². The Kier molecular flexibility index (Phi) is 4.13. The number of non-ortho nitro benzene ring substituents is 1. The number of para-hydroxylation sites is 1. The minimum absolute atomic E-state index is 0.0499. The first-order chi connectivity index (χ1) is 13.2. The van der Waals surface area contributed by atoms with Crippen LogP contribution in [0.15, 0.2) is 60.9 Å². The van der Waals surface area contributed by atoms with E-state index in [0.29, 0.717) is 17.4 Å². The van der Waals surface area contributed by atoms with E-state index in [1.54, 1.807) is 6.20 Å². The van der Waals surface area contributed by atoms with Crippen molar-refractivity contribution in [2.45, 2.75) is 0 Å². The molecule has 0 aliphatic carbocycles. The highest BCUT2D eigenvalue weighted by molar-refractivity contribution is 5.94. The number of benzene rings is 2. The highest BCUT2D eigenvalue weighted by Crippen LogP contribution is 2.32. The lowest BCUT2D eigenvalue weighted by atomic mass is 10.1. The van der Waals surface area contributed by atoms with E-state index in [4.69, 9.17) is 4.74 Å². The van der Waals surface area contributed by atoms with Gasteiger partial charge in [0, 0.05) is 41.0 Å². The van der Waals surface area contributed by atoms with Gasteiger partial charge in [-0.05, 0) is 18.2 Å². The Bertz CT molecular complexity index is 1140. The van der Waals surface area contributed by atoms with Crippen LogP contribution in [0.4, 0.5) is 17.3 Å². The van der Waals surface area contributed by atoms with Gasteiger partial charge >= 0.3 is 0 Å². The van der Waals surface area contributed by atoms with Gasteiger partial charge in [0.25, 0.3) is 5.69 Å². The second kappa shape index (κ2) is 6.75. The molecule has 27 heavy (non-hydrogen) atoms. The van der Waals surface area contributed by atoms with Crippen molar-refractivity contribution in [2.24, 2.45) is 0 Å². The van der Waals surface area contributed by atoms with E-state index in [-0.39, 0.29) is 5.69 Å². The van der Waals surface area contributed by atoms with Gasteiger partial charge < -0.3 is 15.0 Å². The fourth-order valence-corrected chi connectivity index (χ4v) is 2.88. The number of hydrogen-bond acceptors (Lipinski definition) is 6. The molecule has 0 fully saturated rings. The number of rotatable bonds is 5. The quantitative estimate of drug-likeness (QED) is 0.406. The second-order valence-corrected chi connectivity index (χ2v) is 5.78. The number of aromatic amines is 1. The van der Waals surface area contributed by atoms with Gasteiger partial charge in [-0.1, -0.05) is 18.2 Å². The molecule has 2 aromatic heterocycles. The van der Waals surface area contributed by atoms with Crippen LogP contribution in [0.25, 0.3) is 22.2 Å². The number of hydrogen-bond donors (Lipinski definition) is 2. The molecule has 2 N–H and O–H groups in total. The first-order valence-electron chi connectivity index (χ1n) is 8.14. The van der Waals surface area contributed by atoms with Crippen LogP contribution in [0.1, 0.15) is 0 Å². The summed E-state index contributed by atoms with van der Waals surface area (Å²) in [4.78, 5) is 22.6. The summed E-state index contributed by atoms with van der Waals surface area (Å²) in [6, 6.07) is 14.1. The molecular formula is C19H15N5O3. The van der Waals surface area contributed by atoms with Crippen molar-refractivity contribution < 1.29 is 9.66 Å². The third-order valence-electron chi connectivity index (χ3n) is 4.16. The SMILES string of the molecule is COc1ccc([N+](=O)[O-])cc1Nc1nccc(-c2c[nH]c3ccccc23)n1.